The van der Waals surface area contributed by atoms with Crippen LogP contribution < -0.4 is 5.32 Å². The lowest BCUT2D eigenvalue weighted by atomic mass is 9.80. The van der Waals surface area contributed by atoms with Crippen molar-refractivity contribution in [3.8, 4) is 11.3 Å². The van der Waals surface area contributed by atoms with E-state index in [0.717, 1.165) is 37.9 Å². The fourth-order valence-corrected chi connectivity index (χ4v) is 5.33. The number of hydrogen-bond donors (Lipinski definition) is 1. The highest BCUT2D eigenvalue weighted by molar-refractivity contribution is 7.89. The van der Waals surface area contributed by atoms with E-state index in [4.69, 9.17) is 4.42 Å². The monoisotopic (exact) mass is 347 g/mol. The minimum atomic E-state index is -3.44. The number of benzene rings is 1. The molecule has 4 rings (SSSR count). The molecule has 0 unspecified atom stereocenters. The molecule has 2 saturated heterocycles. The summed E-state index contributed by atoms with van der Waals surface area (Å²) in [6, 6.07) is 6.83. The number of nitrogens with one attached hydrogen (secondary N) is 1. The van der Waals surface area contributed by atoms with Crippen molar-refractivity contribution in [1.82, 2.24) is 14.6 Å². The van der Waals surface area contributed by atoms with Gasteiger partial charge in [-0.25, -0.2) is 13.4 Å². The van der Waals surface area contributed by atoms with Crippen LogP contribution in [0, 0.1) is 5.41 Å². The second kappa shape index (κ2) is 5.98. The first-order valence-electron chi connectivity index (χ1n) is 8.29. The molecule has 0 saturated carbocycles. The lowest BCUT2D eigenvalue weighted by molar-refractivity contribution is 0.224. The van der Waals surface area contributed by atoms with E-state index in [0.29, 0.717) is 23.7 Å². The van der Waals surface area contributed by atoms with Gasteiger partial charge < -0.3 is 9.73 Å². The van der Waals surface area contributed by atoms with Crippen molar-refractivity contribution in [3.05, 3.63) is 36.9 Å². The molecule has 1 atom stereocenters. The van der Waals surface area contributed by atoms with Crippen LogP contribution in [0.3, 0.4) is 0 Å². The SMILES string of the molecule is O=S(=O)(c1ccc(-c2cnco2)cc1)N1CC[C@@]2(CCCNC2)C1. The quantitative estimate of drug-likeness (QED) is 0.920. The lowest BCUT2D eigenvalue weighted by Gasteiger charge is -2.33. The molecule has 2 fully saturated rings. The van der Waals surface area contributed by atoms with Crippen molar-refractivity contribution in [2.24, 2.45) is 5.41 Å². The topological polar surface area (TPSA) is 75.4 Å². The predicted molar refractivity (Wildman–Crippen MR) is 89.9 cm³/mol. The minimum Gasteiger partial charge on any atom is -0.444 e. The van der Waals surface area contributed by atoms with Crippen LogP contribution in [-0.4, -0.2) is 43.9 Å². The van der Waals surface area contributed by atoms with Gasteiger partial charge >= 0.3 is 0 Å². The van der Waals surface area contributed by atoms with Gasteiger partial charge in [0.25, 0.3) is 0 Å². The maximum atomic E-state index is 12.9. The number of hydrogen-bond acceptors (Lipinski definition) is 5. The molecular weight excluding hydrogens is 326 g/mol. The third-order valence-corrected chi connectivity index (χ3v) is 7.03. The number of oxazole rings is 1. The Balaban J connectivity index is 1.55. The van der Waals surface area contributed by atoms with Gasteiger partial charge in [0, 0.05) is 25.2 Å². The highest BCUT2D eigenvalue weighted by Gasteiger charge is 2.43. The van der Waals surface area contributed by atoms with Crippen LogP contribution in [0.15, 0.2) is 46.2 Å². The van der Waals surface area contributed by atoms with Crippen molar-refractivity contribution in [3.63, 3.8) is 0 Å². The highest BCUT2D eigenvalue weighted by Crippen LogP contribution is 2.38. The molecule has 7 heteroatoms. The van der Waals surface area contributed by atoms with E-state index >= 15 is 0 Å². The third kappa shape index (κ3) is 2.76. The van der Waals surface area contributed by atoms with E-state index in [9.17, 15) is 8.42 Å². The molecule has 3 heterocycles. The molecule has 0 amide bonds. The van der Waals surface area contributed by atoms with Crippen molar-refractivity contribution in [2.45, 2.75) is 24.2 Å². The summed E-state index contributed by atoms with van der Waals surface area (Å²) in [7, 11) is -3.44. The Kier molecular flexibility index (Phi) is 3.94. The average Bonchev–Trinajstić information content (AvgIpc) is 3.27. The summed E-state index contributed by atoms with van der Waals surface area (Å²) in [5, 5.41) is 3.41. The first-order valence-corrected chi connectivity index (χ1v) is 9.73. The Morgan fingerprint density at radius 2 is 2.04 bits per heavy atom. The summed E-state index contributed by atoms with van der Waals surface area (Å²) in [5.41, 5.74) is 0.936. The number of rotatable bonds is 3. The van der Waals surface area contributed by atoms with Crippen molar-refractivity contribution >= 4 is 10.0 Å². The zero-order chi connectivity index (χ0) is 16.6. The Bertz CT molecular complexity index is 794. The predicted octanol–water partition coefficient (Wildman–Crippen LogP) is 2.11. The Morgan fingerprint density at radius 1 is 1.21 bits per heavy atom. The zero-order valence-electron chi connectivity index (χ0n) is 13.4. The number of piperidine rings is 1. The summed E-state index contributed by atoms with van der Waals surface area (Å²) in [4.78, 5) is 4.22. The Labute approximate surface area is 141 Å². The number of aromatic nitrogens is 1. The molecule has 0 radical (unpaired) electrons. The number of sulfonamides is 1. The molecule has 6 nitrogen and oxygen atoms in total. The molecule has 2 aliphatic heterocycles. The summed E-state index contributed by atoms with van der Waals surface area (Å²) in [6.07, 6.45) is 6.15. The smallest absolute Gasteiger partial charge is 0.243 e. The van der Waals surface area contributed by atoms with E-state index in [-0.39, 0.29) is 5.41 Å². The van der Waals surface area contributed by atoms with Gasteiger partial charge in [-0.15, -0.1) is 0 Å². The molecule has 1 aromatic heterocycles. The summed E-state index contributed by atoms with van der Waals surface area (Å²) < 4.78 is 32.7. The maximum Gasteiger partial charge on any atom is 0.243 e. The highest BCUT2D eigenvalue weighted by atomic mass is 32.2. The molecule has 24 heavy (non-hydrogen) atoms. The largest absolute Gasteiger partial charge is 0.444 e. The van der Waals surface area contributed by atoms with Gasteiger partial charge in [-0.2, -0.15) is 4.31 Å². The minimum absolute atomic E-state index is 0.116. The van der Waals surface area contributed by atoms with Crippen LogP contribution in [0.4, 0.5) is 0 Å². The van der Waals surface area contributed by atoms with E-state index < -0.39 is 10.0 Å². The van der Waals surface area contributed by atoms with Gasteiger partial charge in [-0.05, 0) is 55.5 Å². The second-order valence-electron chi connectivity index (χ2n) is 6.76. The summed E-state index contributed by atoms with van der Waals surface area (Å²) in [6.45, 7) is 3.18. The molecule has 2 aromatic rings. The number of nitrogens with zero attached hydrogens (tertiary/aromatic N) is 2. The molecule has 128 valence electrons. The van der Waals surface area contributed by atoms with Gasteiger partial charge in [-0.3, -0.25) is 0 Å². The van der Waals surface area contributed by atoms with E-state index in [1.807, 2.05) is 0 Å². The molecule has 0 aliphatic carbocycles. The average molecular weight is 347 g/mol. The first kappa shape index (κ1) is 15.8. The van der Waals surface area contributed by atoms with E-state index in [1.54, 1.807) is 34.8 Å². The van der Waals surface area contributed by atoms with Crippen LogP contribution in [0.1, 0.15) is 19.3 Å². The summed E-state index contributed by atoms with van der Waals surface area (Å²) in [5.74, 6) is 0.632. The molecule has 1 aromatic carbocycles. The molecule has 1 spiro atoms. The third-order valence-electron chi connectivity index (χ3n) is 5.17. The Morgan fingerprint density at radius 3 is 2.71 bits per heavy atom. The van der Waals surface area contributed by atoms with Crippen LogP contribution in [0.25, 0.3) is 11.3 Å². The van der Waals surface area contributed by atoms with Gasteiger partial charge in [0.15, 0.2) is 12.2 Å². The van der Waals surface area contributed by atoms with Crippen molar-refractivity contribution in [1.29, 1.82) is 0 Å². The van der Waals surface area contributed by atoms with Crippen molar-refractivity contribution < 1.29 is 12.8 Å². The standard InChI is InChI=1S/C17H21N3O3S/c21-24(22,20-9-7-17(12-20)6-1-8-18-11-17)15-4-2-14(3-5-15)16-10-19-13-23-16/h2-5,10,13,18H,1,6-9,11-12H2/t17-/m1/s1. The van der Waals surface area contributed by atoms with Gasteiger partial charge in [0.05, 0.1) is 11.1 Å². The van der Waals surface area contributed by atoms with Crippen LogP contribution >= 0.6 is 0 Å². The van der Waals surface area contributed by atoms with Crippen LogP contribution in [0.5, 0.6) is 0 Å². The molecule has 2 aliphatic rings. The van der Waals surface area contributed by atoms with Crippen LogP contribution in [0.2, 0.25) is 0 Å². The first-order chi connectivity index (χ1) is 11.6. The fraction of sp³-hybridized carbons (Fsp3) is 0.471. The van der Waals surface area contributed by atoms with Gasteiger partial charge in [0.1, 0.15) is 0 Å². The Hall–Kier alpha value is -1.70. The lowest BCUT2D eigenvalue weighted by Crippen LogP contribution is -2.42. The molecule has 1 N–H and O–H groups in total. The van der Waals surface area contributed by atoms with Crippen LogP contribution in [-0.2, 0) is 10.0 Å². The zero-order valence-corrected chi connectivity index (χ0v) is 14.3. The van der Waals surface area contributed by atoms with Crippen molar-refractivity contribution in [2.75, 3.05) is 26.2 Å². The van der Waals surface area contributed by atoms with E-state index in [2.05, 4.69) is 10.3 Å². The molecular formula is C17H21N3O3S. The molecule has 0 bridgehead atoms. The van der Waals surface area contributed by atoms with Gasteiger partial charge in [-0.1, -0.05) is 0 Å². The van der Waals surface area contributed by atoms with Gasteiger partial charge in [0.2, 0.25) is 10.0 Å². The second-order valence-corrected chi connectivity index (χ2v) is 8.70. The fourth-order valence-electron chi connectivity index (χ4n) is 3.78. The van der Waals surface area contributed by atoms with E-state index in [1.165, 1.54) is 6.39 Å². The maximum absolute atomic E-state index is 12.9. The normalized spacial score (nSPS) is 25.3. The summed E-state index contributed by atoms with van der Waals surface area (Å²) >= 11 is 0.